The van der Waals surface area contributed by atoms with Crippen LogP contribution in [-0.2, 0) is 0 Å². The molecule has 1 aliphatic heterocycles. The van der Waals surface area contributed by atoms with Gasteiger partial charge in [0.05, 0.1) is 16.7 Å². The Hall–Kier alpha value is -2.61. The molecule has 8 nitrogen and oxygen atoms in total. The summed E-state index contributed by atoms with van der Waals surface area (Å²) in [6.07, 6.45) is 4.22. The molecular weight excluding hydrogens is 444 g/mol. The van der Waals surface area contributed by atoms with Crippen LogP contribution >= 0.6 is 0 Å². The van der Waals surface area contributed by atoms with Gasteiger partial charge in [0.1, 0.15) is 0 Å². The second-order valence-electron chi connectivity index (χ2n) is 11.9. The van der Waals surface area contributed by atoms with Crippen LogP contribution in [0.5, 0.6) is 0 Å². The number of carbonyl (C=O) groups is 2. The number of aromatic nitrogens is 2. The van der Waals surface area contributed by atoms with Crippen LogP contribution in [0.2, 0.25) is 0 Å². The first-order valence-electron chi connectivity index (χ1n) is 12.9. The highest BCUT2D eigenvalue weighted by atomic mass is 16.4. The predicted molar refractivity (Wildman–Crippen MR) is 136 cm³/mol. The Balaban J connectivity index is 1.64. The molecule has 2 aliphatic rings. The third-order valence-corrected chi connectivity index (χ3v) is 8.19. The number of fused-ring (bicyclic) bond motifs is 1. The minimum atomic E-state index is -1.01. The molecule has 4 rings (SSSR count). The molecule has 35 heavy (non-hydrogen) atoms. The highest BCUT2D eigenvalue weighted by Crippen LogP contribution is 2.50. The van der Waals surface area contributed by atoms with Crippen molar-refractivity contribution in [2.45, 2.75) is 103 Å². The lowest BCUT2D eigenvalue weighted by Gasteiger charge is -2.51. The van der Waals surface area contributed by atoms with Gasteiger partial charge in [-0.15, -0.1) is 0 Å². The number of nitrogens with one attached hydrogen (secondary N) is 1. The van der Waals surface area contributed by atoms with Gasteiger partial charge in [0.25, 0.3) is 5.91 Å². The topological polar surface area (TPSA) is 108 Å². The summed E-state index contributed by atoms with van der Waals surface area (Å²) in [5, 5.41) is 30.2. The normalized spacial score (nSPS) is 24.8. The number of carbonyl (C=O) groups excluding carboxylic acids is 1. The van der Waals surface area contributed by atoms with E-state index in [2.05, 4.69) is 10.4 Å². The van der Waals surface area contributed by atoms with Crippen LogP contribution in [0.3, 0.4) is 0 Å². The average Bonchev–Trinajstić information content (AvgIpc) is 3.33. The Kier molecular flexibility index (Phi) is 6.64. The SMILES string of the molecule is CC(C)n1nc(C(=O)N[C@@H]2CN(C(=O)O)[C@@](CC3(O)CCCCC3)(C(C)(C)C)C2)c2ccccc21. The number of para-hydroxylation sites is 1. The molecule has 1 aliphatic carbocycles. The van der Waals surface area contributed by atoms with E-state index in [-0.39, 0.29) is 24.5 Å². The molecule has 1 aromatic heterocycles. The lowest BCUT2D eigenvalue weighted by atomic mass is 9.64. The van der Waals surface area contributed by atoms with Crippen molar-refractivity contribution in [3.05, 3.63) is 30.0 Å². The number of likely N-dealkylation sites (tertiary alicyclic amines) is 1. The average molecular weight is 485 g/mol. The number of hydrogen-bond donors (Lipinski definition) is 3. The monoisotopic (exact) mass is 484 g/mol. The standard InChI is InChI=1S/C27H40N4O4/c1-18(2)31-21-12-8-7-11-20(21)22(29-31)23(32)28-19-15-27(25(3,4)5,30(16-19)24(33)34)17-26(35)13-9-6-10-14-26/h7-8,11-12,18-19,35H,6,9-10,13-17H2,1-5H3,(H,28,32)(H,33,34)/t19-,27-/m0/s1. The van der Waals surface area contributed by atoms with Gasteiger partial charge in [-0.2, -0.15) is 5.10 Å². The molecule has 8 heteroatoms. The number of aliphatic hydroxyl groups is 1. The van der Waals surface area contributed by atoms with Crippen LogP contribution in [0.25, 0.3) is 10.9 Å². The highest BCUT2D eigenvalue weighted by Gasteiger charge is 2.58. The van der Waals surface area contributed by atoms with Crippen molar-refractivity contribution in [2.24, 2.45) is 5.41 Å². The van der Waals surface area contributed by atoms with Crippen LogP contribution in [-0.4, -0.2) is 60.6 Å². The maximum atomic E-state index is 13.4. The van der Waals surface area contributed by atoms with E-state index >= 15 is 0 Å². The first-order chi connectivity index (χ1) is 16.4. The zero-order valence-electron chi connectivity index (χ0n) is 21.7. The number of benzene rings is 1. The summed E-state index contributed by atoms with van der Waals surface area (Å²) in [6, 6.07) is 7.40. The van der Waals surface area contributed by atoms with Crippen molar-refractivity contribution in [3.8, 4) is 0 Å². The van der Waals surface area contributed by atoms with E-state index < -0.39 is 22.6 Å². The van der Waals surface area contributed by atoms with Crippen LogP contribution in [0, 0.1) is 5.41 Å². The maximum Gasteiger partial charge on any atom is 0.407 e. The summed E-state index contributed by atoms with van der Waals surface area (Å²) in [5.41, 5.74) is -0.846. The van der Waals surface area contributed by atoms with Crippen molar-refractivity contribution in [3.63, 3.8) is 0 Å². The van der Waals surface area contributed by atoms with Gasteiger partial charge >= 0.3 is 6.09 Å². The largest absolute Gasteiger partial charge is 0.465 e. The van der Waals surface area contributed by atoms with Gasteiger partial charge in [-0.3, -0.25) is 14.4 Å². The molecule has 3 N–H and O–H groups in total. The molecular formula is C27H40N4O4. The van der Waals surface area contributed by atoms with Gasteiger partial charge in [-0.05, 0) is 44.6 Å². The second kappa shape index (κ2) is 9.12. The Bertz CT molecular complexity index is 1100. The van der Waals surface area contributed by atoms with Crippen LogP contribution in [0.1, 0.15) is 96.1 Å². The van der Waals surface area contributed by atoms with Crippen molar-refractivity contribution in [1.29, 1.82) is 0 Å². The Morgan fingerprint density at radius 3 is 2.43 bits per heavy atom. The molecule has 1 saturated carbocycles. The molecule has 1 saturated heterocycles. The Labute approximate surface area is 207 Å². The van der Waals surface area contributed by atoms with E-state index in [4.69, 9.17) is 0 Å². The van der Waals surface area contributed by atoms with Crippen molar-refractivity contribution in [1.82, 2.24) is 20.0 Å². The molecule has 2 heterocycles. The molecule has 0 spiro atoms. The highest BCUT2D eigenvalue weighted by molar-refractivity contribution is 6.05. The van der Waals surface area contributed by atoms with Gasteiger partial charge in [-0.1, -0.05) is 58.2 Å². The fourth-order valence-electron chi connectivity index (χ4n) is 6.31. The third kappa shape index (κ3) is 4.65. The smallest absolute Gasteiger partial charge is 0.407 e. The molecule has 2 aromatic rings. The van der Waals surface area contributed by atoms with Crippen molar-refractivity contribution in [2.75, 3.05) is 6.54 Å². The minimum absolute atomic E-state index is 0.0974. The zero-order valence-corrected chi connectivity index (χ0v) is 21.7. The quantitative estimate of drug-likeness (QED) is 0.555. The van der Waals surface area contributed by atoms with Gasteiger partial charge in [0.2, 0.25) is 0 Å². The van der Waals surface area contributed by atoms with E-state index in [1.165, 1.54) is 4.90 Å². The van der Waals surface area contributed by atoms with E-state index in [9.17, 15) is 19.8 Å². The van der Waals surface area contributed by atoms with E-state index in [0.717, 1.165) is 30.2 Å². The van der Waals surface area contributed by atoms with Crippen LogP contribution < -0.4 is 5.32 Å². The fourth-order valence-corrected chi connectivity index (χ4v) is 6.31. The lowest BCUT2D eigenvalue weighted by Crippen LogP contribution is -2.59. The molecule has 2 fully saturated rings. The Morgan fingerprint density at radius 1 is 1.17 bits per heavy atom. The summed E-state index contributed by atoms with van der Waals surface area (Å²) in [4.78, 5) is 27.4. The predicted octanol–water partition coefficient (Wildman–Crippen LogP) is 4.97. The molecule has 0 bridgehead atoms. The molecule has 0 unspecified atom stereocenters. The number of rotatable bonds is 5. The first kappa shape index (κ1) is 25.5. The third-order valence-electron chi connectivity index (χ3n) is 8.19. The number of nitrogens with zero attached hydrogens (tertiary/aromatic N) is 3. The van der Waals surface area contributed by atoms with Gasteiger partial charge in [-0.25, -0.2) is 4.79 Å². The molecule has 192 valence electrons. The molecule has 1 aromatic carbocycles. The number of amides is 2. The Morgan fingerprint density at radius 2 is 1.83 bits per heavy atom. The van der Waals surface area contributed by atoms with Gasteiger partial charge in [0.15, 0.2) is 5.69 Å². The number of carboxylic acid groups (broad SMARTS) is 1. The minimum Gasteiger partial charge on any atom is -0.465 e. The summed E-state index contributed by atoms with van der Waals surface area (Å²) in [5.74, 6) is -0.294. The van der Waals surface area contributed by atoms with E-state index in [1.54, 1.807) is 0 Å². The number of hydrogen-bond acceptors (Lipinski definition) is 4. The summed E-state index contributed by atoms with van der Waals surface area (Å²) >= 11 is 0. The van der Waals surface area contributed by atoms with Crippen molar-refractivity contribution < 1.29 is 19.8 Å². The van der Waals surface area contributed by atoms with Crippen molar-refractivity contribution >= 4 is 22.9 Å². The van der Waals surface area contributed by atoms with Gasteiger partial charge < -0.3 is 15.5 Å². The zero-order chi connectivity index (χ0) is 25.6. The summed E-state index contributed by atoms with van der Waals surface area (Å²) < 4.78 is 1.85. The van der Waals surface area contributed by atoms with E-state index in [1.807, 2.05) is 63.6 Å². The van der Waals surface area contributed by atoms with E-state index in [0.29, 0.717) is 31.4 Å². The molecule has 2 atom stereocenters. The van der Waals surface area contributed by atoms with Crippen LogP contribution in [0.4, 0.5) is 4.79 Å². The first-order valence-corrected chi connectivity index (χ1v) is 12.9. The molecule has 0 radical (unpaired) electrons. The van der Waals surface area contributed by atoms with Crippen LogP contribution in [0.15, 0.2) is 24.3 Å². The van der Waals surface area contributed by atoms with Gasteiger partial charge in [0, 0.05) is 30.4 Å². The maximum absolute atomic E-state index is 13.4. The fraction of sp³-hybridized carbons (Fsp3) is 0.667. The molecule has 2 amide bonds. The lowest BCUT2D eigenvalue weighted by molar-refractivity contribution is -0.0756. The second-order valence-corrected chi connectivity index (χ2v) is 11.9. The summed E-state index contributed by atoms with van der Waals surface area (Å²) in [6.45, 7) is 10.4. The summed E-state index contributed by atoms with van der Waals surface area (Å²) in [7, 11) is 0.